The lowest BCUT2D eigenvalue weighted by Gasteiger charge is -1.99. The topological polar surface area (TPSA) is 124 Å². The number of hydrogen-bond acceptors (Lipinski definition) is 6. The number of allylic oxidation sites excluding steroid dienone is 4. The van der Waals surface area contributed by atoms with Crippen molar-refractivity contribution in [2.75, 3.05) is 0 Å². The number of hydrogen-bond donors (Lipinski definition) is 4. The van der Waals surface area contributed by atoms with Crippen molar-refractivity contribution in [3.8, 4) is 0 Å². The molecule has 4 N–H and O–H groups in total. The van der Waals surface area contributed by atoms with Crippen molar-refractivity contribution in [2.45, 2.75) is 0 Å². The molecule has 2 fully saturated rings. The second kappa shape index (κ2) is 5.65. The molecule has 5 rings (SSSR count). The van der Waals surface area contributed by atoms with Crippen LogP contribution in [-0.2, 0) is 19.2 Å². The Morgan fingerprint density at radius 3 is 0.929 bits per heavy atom. The van der Waals surface area contributed by atoms with Gasteiger partial charge in [-0.2, -0.15) is 0 Å². The zero-order chi connectivity index (χ0) is 19.4. The summed E-state index contributed by atoms with van der Waals surface area (Å²) in [6.45, 7) is 0. The van der Waals surface area contributed by atoms with Gasteiger partial charge in [-0.1, -0.05) is 0 Å². The predicted molar refractivity (Wildman–Crippen MR) is 99.8 cm³/mol. The summed E-state index contributed by atoms with van der Waals surface area (Å²) in [5, 5.41) is 5.69. The van der Waals surface area contributed by atoms with Gasteiger partial charge in [0.15, 0.2) is 0 Å². The Labute approximate surface area is 157 Å². The number of Topliss-reactive ketones (excluding diaryl/α,β-unsaturated/α-hetero) is 4. The van der Waals surface area contributed by atoms with Gasteiger partial charge in [-0.15, -0.1) is 0 Å². The Bertz CT molecular complexity index is 1050. The molecule has 28 heavy (non-hydrogen) atoms. The second-order valence-corrected chi connectivity index (χ2v) is 6.54. The van der Waals surface area contributed by atoms with Crippen LogP contribution in [0, 0.1) is 0 Å². The zero-order valence-electron chi connectivity index (χ0n) is 14.3. The molecule has 0 saturated carbocycles. The third-order valence-corrected chi connectivity index (χ3v) is 4.59. The smallest absolute Gasteiger partial charge is 0.251 e. The van der Waals surface area contributed by atoms with Gasteiger partial charge >= 0.3 is 0 Å². The first-order chi connectivity index (χ1) is 13.5. The van der Waals surface area contributed by atoms with E-state index in [1.807, 2.05) is 0 Å². The zero-order valence-corrected chi connectivity index (χ0v) is 14.3. The van der Waals surface area contributed by atoms with Crippen LogP contribution in [0.1, 0.15) is 22.8 Å². The summed E-state index contributed by atoms with van der Waals surface area (Å²) < 4.78 is 0. The fourth-order valence-corrected chi connectivity index (χ4v) is 3.23. The first-order valence-electron chi connectivity index (χ1n) is 8.45. The molecule has 0 unspecified atom stereocenters. The van der Waals surface area contributed by atoms with Gasteiger partial charge < -0.3 is 20.6 Å². The third kappa shape index (κ3) is 2.47. The maximum Gasteiger partial charge on any atom is 0.251 e. The molecule has 0 spiro atoms. The van der Waals surface area contributed by atoms with Crippen LogP contribution in [0.15, 0.2) is 47.1 Å². The van der Waals surface area contributed by atoms with E-state index in [9.17, 15) is 19.2 Å². The van der Waals surface area contributed by atoms with Gasteiger partial charge in [0.2, 0.25) is 0 Å². The van der Waals surface area contributed by atoms with Crippen LogP contribution in [0.3, 0.4) is 0 Å². The van der Waals surface area contributed by atoms with Crippen molar-refractivity contribution >= 4 is 47.4 Å². The lowest BCUT2D eigenvalue weighted by molar-refractivity contribution is -0.130. The number of carbonyl (C=O) groups excluding carboxylic acids is 4. The summed E-state index contributed by atoms with van der Waals surface area (Å²) in [6, 6.07) is 6.81. The third-order valence-electron chi connectivity index (χ3n) is 4.59. The van der Waals surface area contributed by atoms with E-state index >= 15 is 0 Å². The monoisotopic (exact) mass is 372 g/mol. The van der Waals surface area contributed by atoms with Crippen LogP contribution in [0.5, 0.6) is 0 Å². The molecular weight excluding hydrogens is 360 g/mol. The molecule has 2 aromatic rings. The first kappa shape index (κ1) is 16.0. The normalized spacial score (nSPS) is 18.3. The van der Waals surface area contributed by atoms with Gasteiger partial charge in [-0.25, -0.2) is 0 Å². The minimum atomic E-state index is -0.625. The van der Waals surface area contributed by atoms with E-state index in [0.29, 0.717) is 22.8 Å². The number of rotatable bonds is 0. The Morgan fingerprint density at radius 1 is 0.429 bits per heavy atom. The molecule has 0 atom stereocenters. The molecule has 0 radical (unpaired) electrons. The van der Waals surface area contributed by atoms with Crippen molar-refractivity contribution in [3.05, 3.63) is 69.8 Å². The van der Waals surface area contributed by atoms with Crippen LogP contribution in [0.4, 0.5) is 0 Å². The number of carbonyl (C=O) groups is 4. The number of H-pyrrole nitrogens is 2. The average Bonchev–Trinajstić information content (AvgIpc) is 3.41. The second-order valence-electron chi connectivity index (χ2n) is 6.54. The highest BCUT2D eigenvalue weighted by Gasteiger charge is 2.33. The number of aromatic amines is 2. The Kier molecular flexibility index (Phi) is 3.23. The highest BCUT2D eigenvalue weighted by Crippen LogP contribution is 2.21. The first-order valence-corrected chi connectivity index (χ1v) is 8.45. The van der Waals surface area contributed by atoms with E-state index < -0.39 is 23.1 Å². The molecule has 0 amide bonds. The van der Waals surface area contributed by atoms with Gasteiger partial charge in [-0.05, 0) is 48.6 Å². The van der Waals surface area contributed by atoms with Gasteiger partial charge in [0, 0.05) is 22.8 Å². The van der Waals surface area contributed by atoms with Gasteiger partial charge in [0.05, 0.1) is 22.8 Å². The largest absolute Gasteiger partial charge is 0.355 e. The summed E-state index contributed by atoms with van der Waals surface area (Å²) >= 11 is 0. The molecule has 0 aliphatic carbocycles. The molecule has 2 aromatic heterocycles. The molecule has 2 saturated heterocycles. The summed E-state index contributed by atoms with van der Waals surface area (Å²) in [4.78, 5) is 55.0. The molecular formula is C20H12N4O4. The van der Waals surface area contributed by atoms with E-state index in [4.69, 9.17) is 0 Å². The highest BCUT2D eigenvalue weighted by molar-refractivity contribution is 6.53. The Balaban J connectivity index is 1.70. The minimum Gasteiger partial charge on any atom is -0.355 e. The van der Waals surface area contributed by atoms with E-state index in [1.54, 1.807) is 24.3 Å². The highest BCUT2D eigenvalue weighted by atomic mass is 16.2. The molecule has 3 aliphatic rings. The quantitative estimate of drug-likeness (QED) is 0.510. The number of ketones is 4. The number of fused-ring (bicyclic) bond motifs is 8. The van der Waals surface area contributed by atoms with E-state index in [1.165, 1.54) is 24.3 Å². The number of aromatic nitrogens is 2. The predicted octanol–water partition coefficient (Wildman–Crippen LogP) is 0.903. The van der Waals surface area contributed by atoms with Crippen LogP contribution in [0.2, 0.25) is 0 Å². The molecule has 136 valence electrons. The van der Waals surface area contributed by atoms with Crippen LogP contribution in [-0.4, -0.2) is 33.1 Å². The van der Waals surface area contributed by atoms with Gasteiger partial charge in [-0.3, -0.25) is 19.2 Å². The summed E-state index contributed by atoms with van der Waals surface area (Å²) in [5.41, 5.74) is 2.90. The molecule has 3 aliphatic heterocycles. The van der Waals surface area contributed by atoms with Crippen molar-refractivity contribution < 1.29 is 19.2 Å². The van der Waals surface area contributed by atoms with Gasteiger partial charge in [0.1, 0.15) is 0 Å². The van der Waals surface area contributed by atoms with Crippen molar-refractivity contribution in [3.63, 3.8) is 0 Å². The van der Waals surface area contributed by atoms with Crippen molar-refractivity contribution in [1.29, 1.82) is 0 Å². The Hall–Kier alpha value is -4.20. The van der Waals surface area contributed by atoms with E-state index in [2.05, 4.69) is 20.6 Å². The standard InChI is InChI=1S/C20H12N4O4/c25-17-13-5-9-1-2-10(21-9)6-14-18(26)20(28)16(24-14)8-12-4-3-11(22-12)7-15(23-13)19(17)27/h1-8,21-24H. The summed E-state index contributed by atoms with van der Waals surface area (Å²) in [7, 11) is 0. The average molecular weight is 372 g/mol. The molecule has 0 aromatic carbocycles. The lowest BCUT2D eigenvalue weighted by atomic mass is 10.2. The van der Waals surface area contributed by atoms with Crippen molar-refractivity contribution in [2.24, 2.45) is 0 Å². The summed E-state index contributed by atoms with van der Waals surface area (Å²) in [5.74, 6) is -2.50. The Morgan fingerprint density at radius 2 is 0.679 bits per heavy atom. The van der Waals surface area contributed by atoms with Crippen LogP contribution in [0.25, 0.3) is 24.3 Å². The maximum atomic E-state index is 12.2. The molecule has 8 nitrogen and oxygen atoms in total. The maximum absolute atomic E-state index is 12.2. The fourth-order valence-electron chi connectivity index (χ4n) is 3.23. The van der Waals surface area contributed by atoms with Crippen LogP contribution >= 0.6 is 0 Å². The van der Waals surface area contributed by atoms with E-state index in [-0.39, 0.29) is 22.8 Å². The van der Waals surface area contributed by atoms with Gasteiger partial charge in [0.25, 0.3) is 23.1 Å². The van der Waals surface area contributed by atoms with E-state index in [0.717, 1.165) is 0 Å². The molecule has 8 heteroatoms. The summed E-state index contributed by atoms with van der Waals surface area (Å²) in [6.07, 6.45) is 6.09. The lowest BCUT2D eigenvalue weighted by Crippen LogP contribution is -2.07. The molecule has 5 heterocycles. The van der Waals surface area contributed by atoms with Crippen molar-refractivity contribution in [1.82, 2.24) is 20.6 Å². The SMILES string of the molecule is O=C1C(=O)C2=Cc3ccc([nH]3)C=C3NC(=Cc4ccc([nH]4)C=C1N2)C(=O)C3=O. The number of nitrogens with one attached hydrogen (secondary N) is 4. The minimum absolute atomic E-state index is 0.156. The van der Waals surface area contributed by atoms with Crippen LogP contribution < -0.4 is 10.6 Å². The fraction of sp³-hybridized carbons (Fsp3) is 0. The molecule has 8 bridgehead atoms.